The molecule has 0 saturated carbocycles. The second-order valence-corrected chi connectivity index (χ2v) is 3.55. The van der Waals surface area contributed by atoms with Gasteiger partial charge in [0.05, 0.1) is 19.8 Å². The molecule has 1 aromatic rings. The molecule has 3 nitrogen and oxygen atoms in total. The van der Waals surface area contributed by atoms with E-state index in [-0.39, 0.29) is 12.4 Å². The van der Waals surface area contributed by atoms with Crippen LogP contribution < -0.4 is 15.2 Å². The van der Waals surface area contributed by atoms with Gasteiger partial charge in [-0.15, -0.1) is 12.4 Å². The van der Waals surface area contributed by atoms with Crippen molar-refractivity contribution in [3.8, 4) is 11.5 Å². The van der Waals surface area contributed by atoms with Crippen LogP contribution in [0.2, 0.25) is 0 Å². The van der Waals surface area contributed by atoms with Gasteiger partial charge >= 0.3 is 0 Å². The van der Waals surface area contributed by atoms with Gasteiger partial charge in [0.15, 0.2) is 0 Å². The Bertz CT molecular complexity index is 391. The standard InChI is InChI=1S/C14H19NO2.ClH/c1-4-5-6-12-13(16-2)9-11(7-8-15)10-14(12)17-3;/h4-6,9-10H,1,7-8,15H2,2-3H3;1H/b6-5-;. The van der Waals surface area contributed by atoms with Crippen LogP contribution in [0.4, 0.5) is 0 Å². The van der Waals surface area contributed by atoms with E-state index in [1.807, 2.05) is 24.3 Å². The van der Waals surface area contributed by atoms with E-state index in [4.69, 9.17) is 15.2 Å². The summed E-state index contributed by atoms with van der Waals surface area (Å²) in [5.41, 5.74) is 7.57. The molecule has 0 fully saturated rings. The SMILES string of the molecule is C=C/C=C\c1c(OC)cc(CCN)cc1OC.Cl. The molecule has 2 N–H and O–H groups in total. The first-order chi connectivity index (χ1) is 8.26. The van der Waals surface area contributed by atoms with Gasteiger partial charge in [0.1, 0.15) is 11.5 Å². The number of methoxy groups -OCH3 is 2. The van der Waals surface area contributed by atoms with Crippen LogP contribution in [0.3, 0.4) is 0 Å². The topological polar surface area (TPSA) is 44.5 Å². The number of ether oxygens (including phenoxy) is 2. The molecular formula is C14H20ClNO2. The molecule has 18 heavy (non-hydrogen) atoms. The summed E-state index contributed by atoms with van der Waals surface area (Å²) in [5.74, 6) is 1.57. The van der Waals surface area contributed by atoms with E-state index in [2.05, 4.69) is 6.58 Å². The number of halogens is 1. The minimum absolute atomic E-state index is 0. The third-order valence-corrected chi connectivity index (χ3v) is 2.44. The Morgan fingerprint density at radius 3 is 2.17 bits per heavy atom. The maximum Gasteiger partial charge on any atom is 0.130 e. The third kappa shape index (κ3) is 4.09. The van der Waals surface area contributed by atoms with Crippen LogP contribution in [0, 0.1) is 0 Å². The molecule has 0 radical (unpaired) electrons. The van der Waals surface area contributed by atoms with E-state index in [0.29, 0.717) is 6.54 Å². The third-order valence-electron chi connectivity index (χ3n) is 2.44. The molecule has 4 heteroatoms. The number of benzene rings is 1. The molecular weight excluding hydrogens is 250 g/mol. The molecule has 1 rings (SSSR count). The molecule has 0 unspecified atom stereocenters. The van der Waals surface area contributed by atoms with Gasteiger partial charge in [-0.25, -0.2) is 0 Å². The second-order valence-electron chi connectivity index (χ2n) is 3.55. The van der Waals surface area contributed by atoms with Crippen LogP contribution in [0.15, 0.2) is 30.9 Å². The molecule has 0 spiro atoms. The summed E-state index contributed by atoms with van der Waals surface area (Å²) in [6.45, 7) is 4.25. The summed E-state index contributed by atoms with van der Waals surface area (Å²) >= 11 is 0. The normalized spacial score (nSPS) is 9.94. The average molecular weight is 270 g/mol. The molecule has 0 heterocycles. The van der Waals surface area contributed by atoms with Gasteiger partial charge < -0.3 is 15.2 Å². The highest BCUT2D eigenvalue weighted by molar-refractivity contribution is 5.85. The Morgan fingerprint density at radius 2 is 1.78 bits per heavy atom. The minimum atomic E-state index is 0. The maximum absolute atomic E-state index is 5.55. The Kier molecular flexibility index (Phi) is 7.92. The van der Waals surface area contributed by atoms with Crippen LogP contribution in [0.1, 0.15) is 11.1 Å². The van der Waals surface area contributed by atoms with Gasteiger partial charge in [0.2, 0.25) is 0 Å². The van der Waals surface area contributed by atoms with Crippen molar-refractivity contribution in [2.24, 2.45) is 5.73 Å². The van der Waals surface area contributed by atoms with Crippen molar-refractivity contribution < 1.29 is 9.47 Å². The lowest BCUT2D eigenvalue weighted by molar-refractivity contribution is 0.391. The fraction of sp³-hybridized carbons (Fsp3) is 0.286. The highest BCUT2D eigenvalue weighted by Gasteiger charge is 2.09. The van der Waals surface area contributed by atoms with E-state index in [1.165, 1.54) is 0 Å². The number of nitrogens with two attached hydrogens (primary N) is 1. The zero-order valence-electron chi connectivity index (χ0n) is 10.8. The van der Waals surface area contributed by atoms with E-state index in [1.54, 1.807) is 20.3 Å². The number of hydrogen-bond donors (Lipinski definition) is 1. The van der Waals surface area contributed by atoms with E-state index >= 15 is 0 Å². The lowest BCUT2D eigenvalue weighted by Crippen LogP contribution is -2.04. The summed E-state index contributed by atoms with van der Waals surface area (Å²) in [7, 11) is 3.29. The van der Waals surface area contributed by atoms with Crippen molar-refractivity contribution in [1.82, 2.24) is 0 Å². The monoisotopic (exact) mass is 269 g/mol. The molecule has 0 saturated heterocycles. The van der Waals surface area contributed by atoms with Gasteiger partial charge in [0.25, 0.3) is 0 Å². The van der Waals surface area contributed by atoms with Crippen molar-refractivity contribution >= 4 is 18.5 Å². The average Bonchev–Trinajstić information content (AvgIpc) is 2.36. The number of allylic oxidation sites excluding steroid dienone is 2. The van der Waals surface area contributed by atoms with Crippen LogP contribution in [-0.2, 0) is 6.42 Å². The zero-order chi connectivity index (χ0) is 12.7. The lowest BCUT2D eigenvalue weighted by Gasteiger charge is -2.12. The number of rotatable bonds is 6. The molecule has 1 aromatic carbocycles. The predicted octanol–water partition coefficient (Wildman–Crippen LogP) is 2.83. The molecule has 0 atom stereocenters. The van der Waals surface area contributed by atoms with Crippen LogP contribution in [0.25, 0.3) is 6.08 Å². The van der Waals surface area contributed by atoms with Crippen LogP contribution in [0.5, 0.6) is 11.5 Å². The molecule has 0 aliphatic heterocycles. The quantitative estimate of drug-likeness (QED) is 0.808. The Labute approximate surface area is 115 Å². The van der Waals surface area contributed by atoms with Crippen molar-refractivity contribution in [2.75, 3.05) is 20.8 Å². The summed E-state index contributed by atoms with van der Waals surface area (Å²) in [6.07, 6.45) is 6.28. The Hall–Kier alpha value is -1.45. The highest BCUT2D eigenvalue weighted by atomic mass is 35.5. The smallest absolute Gasteiger partial charge is 0.130 e. The first-order valence-electron chi connectivity index (χ1n) is 5.50. The zero-order valence-corrected chi connectivity index (χ0v) is 11.6. The van der Waals surface area contributed by atoms with Crippen molar-refractivity contribution in [1.29, 1.82) is 0 Å². The fourth-order valence-corrected chi connectivity index (χ4v) is 1.63. The Morgan fingerprint density at radius 1 is 1.22 bits per heavy atom. The predicted molar refractivity (Wildman–Crippen MR) is 78.8 cm³/mol. The summed E-state index contributed by atoms with van der Waals surface area (Å²) in [5, 5.41) is 0. The molecule has 0 aliphatic rings. The fourth-order valence-electron chi connectivity index (χ4n) is 1.63. The van der Waals surface area contributed by atoms with Gasteiger partial charge in [0, 0.05) is 0 Å². The maximum atomic E-state index is 5.55. The van der Waals surface area contributed by atoms with E-state index in [0.717, 1.165) is 29.0 Å². The van der Waals surface area contributed by atoms with Gasteiger partial charge in [-0.3, -0.25) is 0 Å². The molecule has 0 aromatic heterocycles. The van der Waals surface area contributed by atoms with E-state index in [9.17, 15) is 0 Å². The summed E-state index contributed by atoms with van der Waals surface area (Å²) < 4.78 is 10.7. The van der Waals surface area contributed by atoms with Crippen molar-refractivity contribution in [3.05, 3.63) is 42.0 Å². The largest absolute Gasteiger partial charge is 0.496 e. The highest BCUT2D eigenvalue weighted by Crippen LogP contribution is 2.31. The van der Waals surface area contributed by atoms with Gasteiger partial charge in [-0.05, 0) is 36.7 Å². The van der Waals surface area contributed by atoms with Crippen LogP contribution >= 0.6 is 12.4 Å². The van der Waals surface area contributed by atoms with Crippen LogP contribution in [-0.4, -0.2) is 20.8 Å². The number of hydrogen-bond acceptors (Lipinski definition) is 3. The molecule has 0 aliphatic carbocycles. The van der Waals surface area contributed by atoms with Gasteiger partial charge in [-0.2, -0.15) is 0 Å². The molecule has 0 amide bonds. The Balaban J connectivity index is 0.00000289. The first-order valence-corrected chi connectivity index (χ1v) is 5.50. The second kappa shape index (κ2) is 8.61. The minimum Gasteiger partial charge on any atom is -0.496 e. The van der Waals surface area contributed by atoms with Crippen molar-refractivity contribution in [3.63, 3.8) is 0 Å². The summed E-state index contributed by atoms with van der Waals surface area (Å²) in [6, 6.07) is 3.97. The molecule has 0 bridgehead atoms. The molecule has 100 valence electrons. The first kappa shape index (κ1) is 16.6. The lowest BCUT2D eigenvalue weighted by atomic mass is 10.1. The van der Waals surface area contributed by atoms with Gasteiger partial charge in [-0.1, -0.05) is 18.7 Å². The summed E-state index contributed by atoms with van der Waals surface area (Å²) in [4.78, 5) is 0. The van der Waals surface area contributed by atoms with Crippen molar-refractivity contribution in [2.45, 2.75) is 6.42 Å². The van der Waals surface area contributed by atoms with E-state index < -0.39 is 0 Å².